The lowest BCUT2D eigenvalue weighted by atomic mass is 10.2. The second-order valence-corrected chi connectivity index (χ2v) is 6.96. The number of rotatable bonds is 6. The van der Waals surface area contributed by atoms with Crippen LogP contribution in [0.15, 0.2) is 53.4 Å². The fourth-order valence-electron chi connectivity index (χ4n) is 1.90. The van der Waals surface area contributed by atoms with Crippen LogP contribution in [0.3, 0.4) is 0 Å². The van der Waals surface area contributed by atoms with Gasteiger partial charge in [-0.1, -0.05) is 42.3 Å². The first-order valence-electron chi connectivity index (χ1n) is 7.03. The summed E-state index contributed by atoms with van der Waals surface area (Å²) in [5.74, 6) is 0.0393. The molecule has 1 N–H and O–H groups in total. The molecule has 0 saturated carbocycles. The molecule has 0 spiro atoms. The minimum Gasteiger partial charge on any atom is -0.351 e. The van der Waals surface area contributed by atoms with Gasteiger partial charge >= 0.3 is 0 Å². The van der Waals surface area contributed by atoms with Crippen LogP contribution in [0.5, 0.6) is 0 Å². The predicted molar refractivity (Wildman–Crippen MR) is 94.7 cm³/mol. The molecule has 0 heterocycles. The Kier molecular flexibility index (Phi) is 6.62. The lowest BCUT2D eigenvalue weighted by molar-refractivity contribution is -0.120. The minimum atomic E-state index is -0.117. The van der Waals surface area contributed by atoms with Gasteiger partial charge in [0.25, 0.3) is 0 Å². The van der Waals surface area contributed by atoms with Crippen molar-refractivity contribution in [3.8, 4) is 0 Å². The normalized spacial score (nSPS) is 12.0. The molecule has 0 aliphatic rings. The molecular formula is C17H17Cl2NOS. The topological polar surface area (TPSA) is 29.1 Å². The van der Waals surface area contributed by atoms with Gasteiger partial charge in [0, 0.05) is 21.5 Å². The first kappa shape index (κ1) is 17.2. The molecule has 116 valence electrons. The first-order valence-corrected chi connectivity index (χ1v) is 8.66. The van der Waals surface area contributed by atoms with Gasteiger partial charge in [0.15, 0.2) is 0 Å². The third-order valence-electron chi connectivity index (χ3n) is 3.14. The van der Waals surface area contributed by atoms with Crippen LogP contribution in [0, 0.1) is 0 Å². The Morgan fingerprint density at radius 2 is 1.59 bits per heavy atom. The third kappa shape index (κ3) is 5.24. The Hall–Kier alpha value is -1.16. The van der Waals surface area contributed by atoms with E-state index in [1.807, 2.05) is 55.5 Å². The van der Waals surface area contributed by atoms with Crippen molar-refractivity contribution in [2.75, 3.05) is 0 Å². The molecule has 2 nitrogen and oxygen atoms in total. The molecule has 2 aromatic carbocycles. The molecule has 0 aromatic heterocycles. The van der Waals surface area contributed by atoms with E-state index in [-0.39, 0.29) is 11.2 Å². The minimum absolute atomic E-state index is 0.0393. The standard InChI is InChI=1S/C17H17Cl2NOS/c1-2-16(22-15-9-7-14(19)8-10-15)17(21)20-11-12-3-5-13(18)6-4-12/h3-10,16H,2,11H2,1H3,(H,20,21)/t16-/m1/s1. The maximum Gasteiger partial charge on any atom is 0.233 e. The van der Waals surface area contributed by atoms with Gasteiger partial charge in [0.05, 0.1) is 5.25 Å². The molecule has 0 fully saturated rings. The van der Waals surface area contributed by atoms with Crippen molar-refractivity contribution in [3.05, 3.63) is 64.1 Å². The van der Waals surface area contributed by atoms with Crippen LogP contribution in [-0.4, -0.2) is 11.2 Å². The Bertz CT molecular complexity index is 614. The van der Waals surface area contributed by atoms with Crippen LogP contribution in [0.1, 0.15) is 18.9 Å². The molecule has 1 atom stereocenters. The van der Waals surface area contributed by atoms with Crippen LogP contribution in [-0.2, 0) is 11.3 Å². The highest BCUT2D eigenvalue weighted by molar-refractivity contribution is 8.00. The van der Waals surface area contributed by atoms with Gasteiger partial charge in [-0.25, -0.2) is 0 Å². The Morgan fingerprint density at radius 1 is 1.05 bits per heavy atom. The summed E-state index contributed by atoms with van der Waals surface area (Å²) in [4.78, 5) is 13.3. The van der Waals surface area contributed by atoms with E-state index < -0.39 is 0 Å². The maximum absolute atomic E-state index is 12.3. The van der Waals surface area contributed by atoms with E-state index in [1.165, 1.54) is 0 Å². The van der Waals surface area contributed by atoms with E-state index in [0.29, 0.717) is 16.6 Å². The van der Waals surface area contributed by atoms with E-state index in [0.717, 1.165) is 16.9 Å². The first-order chi connectivity index (χ1) is 10.6. The van der Waals surface area contributed by atoms with E-state index in [2.05, 4.69) is 5.32 Å². The lowest BCUT2D eigenvalue weighted by Gasteiger charge is -2.15. The summed E-state index contributed by atoms with van der Waals surface area (Å²) in [7, 11) is 0. The zero-order valence-electron chi connectivity index (χ0n) is 12.2. The van der Waals surface area contributed by atoms with Crippen LogP contribution >= 0.6 is 35.0 Å². The third-order valence-corrected chi connectivity index (χ3v) is 5.02. The van der Waals surface area contributed by atoms with Crippen molar-refractivity contribution in [3.63, 3.8) is 0 Å². The van der Waals surface area contributed by atoms with Gasteiger partial charge in [0.1, 0.15) is 0 Å². The van der Waals surface area contributed by atoms with Gasteiger partial charge in [-0.2, -0.15) is 0 Å². The fourth-order valence-corrected chi connectivity index (χ4v) is 3.14. The zero-order chi connectivity index (χ0) is 15.9. The largest absolute Gasteiger partial charge is 0.351 e. The number of carbonyl (C=O) groups excluding carboxylic acids is 1. The average Bonchev–Trinajstić information content (AvgIpc) is 2.53. The van der Waals surface area contributed by atoms with E-state index in [1.54, 1.807) is 11.8 Å². The average molecular weight is 354 g/mol. The summed E-state index contributed by atoms with van der Waals surface area (Å²) in [6.45, 7) is 2.52. The number of thioether (sulfide) groups is 1. The molecule has 0 saturated heterocycles. The fraction of sp³-hybridized carbons (Fsp3) is 0.235. The van der Waals surface area contributed by atoms with Crippen LogP contribution in [0.4, 0.5) is 0 Å². The molecule has 2 aromatic rings. The number of halogens is 2. The summed E-state index contributed by atoms with van der Waals surface area (Å²) >= 11 is 13.3. The second-order valence-electron chi connectivity index (χ2n) is 4.81. The van der Waals surface area contributed by atoms with Crippen molar-refractivity contribution < 1.29 is 4.79 Å². The molecule has 5 heteroatoms. The molecule has 0 unspecified atom stereocenters. The van der Waals surface area contributed by atoms with E-state index in [9.17, 15) is 4.79 Å². The Labute approximate surface area is 145 Å². The second kappa shape index (κ2) is 8.47. The highest BCUT2D eigenvalue weighted by Gasteiger charge is 2.17. The smallest absolute Gasteiger partial charge is 0.233 e. The summed E-state index contributed by atoms with van der Waals surface area (Å²) in [6.07, 6.45) is 0.764. The van der Waals surface area contributed by atoms with Gasteiger partial charge in [-0.15, -0.1) is 11.8 Å². The molecule has 2 rings (SSSR count). The quantitative estimate of drug-likeness (QED) is 0.724. The summed E-state index contributed by atoms with van der Waals surface area (Å²) in [5, 5.41) is 4.25. The molecular weight excluding hydrogens is 337 g/mol. The number of hydrogen-bond donors (Lipinski definition) is 1. The molecule has 0 bridgehead atoms. The van der Waals surface area contributed by atoms with Crippen molar-refractivity contribution in [2.45, 2.75) is 30.0 Å². The maximum atomic E-state index is 12.3. The van der Waals surface area contributed by atoms with Gasteiger partial charge in [-0.3, -0.25) is 4.79 Å². The van der Waals surface area contributed by atoms with Crippen LogP contribution < -0.4 is 5.32 Å². The zero-order valence-corrected chi connectivity index (χ0v) is 14.5. The molecule has 1 amide bonds. The summed E-state index contributed by atoms with van der Waals surface area (Å²) in [5.41, 5.74) is 1.03. The number of benzene rings is 2. The number of carbonyl (C=O) groups is 1. The highest BCUT2D eigenvalue weighted by atomic mass is 35.5. The summed E-state index contributed by atoms with van der Waals surface area (Å²) < 4.78 is 0. The Morgan fingerprint density at radius 3 is 2.14 bits per heavy atom. The van der Waals surface area contributed by atoms with Crippen molar-refractivity contribution in [1.29, 1.82) is 0 Å². The Balaban J connectivity index is 1.91. The molecule has 0 radical (unpaired) electrons. The van der Waals surface area contributed by atoms with Crippen molar-refractivity contribution >= 4 is 40.9 Å². The van der Waals surface area contributed by atoms with Gasteiger partial charge in [0.2, 0.25) is 5.91 Å². The number of nitrogens with one attached hydrogen (secondary N) is 1. The SMILES string of the molecule is CC[C@@H](Sc1ccc(Cl)cc1)C(=O)NCc1ccc(Cl)cc1. The van der Waals surface area contributed by atoms with Crippen LogP contribution in [0.25, 0.3) is 0 Å². The van der Waals surface area contributed by atoms with Gasteiger partial charge in [-0.05, 0) is 48.4 Å². The monoisotopic (exact) mass is 353 g/mol. The number of hydrogen-bond acceptors (Lipinski definition) is 2. The van der Waals surface area contributed by atoms with Crippen molar-refractivity contribution in [1.82, 2.24) is 5.32 Å². The molecule has 0 aliphatic carbocycles. The van der Waals surface area contributed by atoms with E-state index in [4.69, 9.17) is 23.2 Å². The molecule has 22 heavy (non-hydrogen) atoms. The van der Waals surface area contributed by atoms with E-state index >= 15 is 0 Å². The highest BCUT2D eigenvalue weighted by Crippen LogP contribution is 2.26. The molecule has 0 aliphatic heterocycles. The summed E-state index contributed by atoms with van der Waals surface area (Å²) in [6, 6.07) is 15.0. The van der Waals surface area contributed by atoms with Gasteiger partial charge < -0.3 is 5.32 Å². The van der Waals surface area contributed by atoms with Crippen molar-refractivity contribution in [2.24, 2.45) is 0 Å². The number of amides is 1. The predicted octanol–water partition coefficient (Wildman–Crippen LogP) is 5.18. The van der Waals surface area contributed by atoms with Crippen LogP contribution in [0.2, 0.25) is 10.0 Å². The lowest BCUT2D eigenvalue weighted by Crippen LogP contribution is -2.31.